The second-order valence-corrected chi connectivity index (χ2v) is 9.35. The second kappa shape index (κ2) is 12.9. The molecule has 4 N–H and O–H groups in total. The molecule has 0 aromatic heterocycles. The van der Waals surface area contributed by atoms with Gasteiger partial charge in [-0.3, -0.25) is 13.9 Å². The van der Waals surface area contributed by atoms with Gasteiger partial charge in [-0.05, 0) is 43.2 Å². The minimum atomic E-state index is -2.02. The molecule has 2 unspecified atom stereocenters. The number of guanidine groups is 1. The van der Waals surface area contributed by atoms with E-state index in [2.05, 4.69) is 18.8 Å². The molecular formula is C22H38N5O3S-. The Morgan fingerprint density at radius 1 is 1.16 bits per heavy atom. The van der Waals surface area contributed by atoms with Crippen LogP contribution in [0.3, 0.4) is 0 Å². The van der Waals surface area contributed by atoms with Crippen LogP contribution in [-0.2, 0) is 29.2 Å². The normalized spacial score (nSPS) is 19.5. The van der Waals surface area contributed by atoms with Crippen molar-refractivity contribution in [2.24, 2.45) is 22.4 Å². The largest absolute Gasteiger partial charge is 0.760 e. The maximum Gasteiger partial charge on any atom is 0.257 e. The molecular weight excluding hydrogens is 414 g/mol. The number of benzene rings is 1. The first-order valence-corrected chi connectivity index (χ1v) is 11.9. The third-order valence-corrected chi connectivity index (χ3v) is 5.69. The van der Waals surface area contributed by atoms with Crippen LogP contribution < -0.4 is 11.5 Å². The summed E-state index contributed by atoms with van der Waals surface area (Å²) in [7, 11) is 0. The Morgan fingerprint density at radius 2 is 1.68 bits per heavy atom. The van der Waals surface area contributed by atoms with Crippen LogP contribution >= 0.6 is 0 Å². The molecule has 1 aliphatic rings. The van der Waals surface area contributed by atoms with Crippen LogP contribution in [0.2, 0.25) is 0 Å². The molecule has 0 saturated carbocycles. The molecule has 1 heterocycles. The number of carbonyl (C=O) groups is 1. The van der Waals surface area contributed by atoms with Crippen LogP contribution in [0.15, 0.2) is 29.3 Å². The van der Waals surface area contributed by atoms with Crippen LogP contribution in [-0.4, -0.2) is 48.5 Å². The SMILES string of the molecule is CC(C)CC1(C)N=C(N)N(Cc2ccc(CN)cc2)C1=O.CCCN(CCC)S(=O)[O-]. The van der Waals surface area contributed by atoms with E-state index in [1.807, 2.05) is 45.0 Å². The van der Waals surface area contributed by atoms with Crippen molar-refractivity contribution in [2.45, 2.75) is 72.5 Å². The third-order valence-electron chi connectivity index (χ3n) is 4.91. The molecule has 0 aliphatic carbocycles. The summed E-state index contributed by atoms with van der Waals surface area (Å²) in [5.41, 5.74) is 12.9. The lowest BCUT2D eigenvalue weighted by Gasteiger charge is -2.23. The third kappa shape index (κ3) is 8.33. The van der Waals surface area contributed by atoms with E-state index in [4.69, 9.17) is 11.5 Å². The fraction of sp³-hybridized carbons (Fsp3) is 0.636. The highest BCUT2D eigenvalue weighted by atomic mass is 32.2. The summed E-state index contributed by atoms with van der Waals surface area (Å²) >= 11 is -2.02. The van der Waals surface area contributed by atoms with Crippen molar-refractivity contribution in [3.05, 3.63) is 35.4 Å². The summed E-state index contributed by atoms with van der Waals surface area (Å²) in [6.45, 7) is 12.2. The number of nitrogens with two attached hydrogens (primary N) is 2. The zero-order valence-corrected chi connectivity index (χ0v) is 20.3. The number of aliphatic imine (C=N–C) groups is 1. The van der Waals surface area contributed by atoms with Crippen molar-refractivity contribution in [3.8, 4) is 0 Å². The minimum absolute atomic E-state index is 0.0170. The van der Waals surface area contributed by atoms with Crippen LogP contribution in [0, 0.1) is 5.92 Å². The Bertz CT molecular complexity index is 748. The van der Waals surface area contributed by atoms with Crippen molar-refractivity contribution in [1.82, 2.24) is 9.21 Å². The lowest BCUT2D eigenvalue weighted by molar-refractivity contribution is -0.131. The number of amides is 1. The molecule has 8 nitrogen and oxygen atoms in total. The molecule has 1 aliphatic heterocycles. The average Bonchev–Trinajstić information content (AvgIpc) is 2.91. The van der Waals surface area contributed by atoms with Gasteiger partial charge in [0.05, 0.1) is 6.54 Å². The Labute approximate surface area is 189 Å². The molecule has 0 saturated heterocycles. The molecule has 31 heavy (non-hydrogen) atoms. The van der Waals surface area contributed by atoms with Gasteiger partial charge < -0.3 is 16.0 Å². The molecule has 0 fully saturated rings. The van der Waals surface area contributed by atoms with Crippen LogP contribution in [0.1, 0.15) is 65.0 Å². The molecule has 9 heteroatoms. The van der Waals surface area contributed by atoms with Gasteiger partial charge in [0, 0.05) is 30.9 Å². The van der Waals surface area contributed by atoms with Crippen molar-refractivity contribution < 1.29 is 13.6 Å². The van der Waals surface area contributed by atoms with Gasteiger partial charge >= 0.3 is 0 Å². The molecule has 176 valence electrons. The maximum atomic E-state index is 12.6. The van der Waals surface area contributed by atoms with E-state index >= 15 is 0 Å². The maximum absolute atomic E-state index is 12.6. The van der Waals surface area contributed by atoms with E-state index in [1.54, 1.807) is 4.90 Å². The number of carbonyl (C=O) groups excluding carboxylic acids is 1. The van der Waals surface area contributed by atoms with Crippen LogP contribution in [0.25, 0.3) is 0 Å². The number of rotatable bonds is 10. The molecule has 0 spiro atoms. The summed E-state index contributed by atoms with van der Waals surface area (Å²) in [4.78, 5) is 18.6. The van der Waals surface area contributed by atoms with Gasteiger partial charge in [0.1, 0.15) is 5.54 Å². The van der Waals surface area contributed by atoms with E-state index in [-0.39, 0.29) is 5.91 Å². The summed E-state index contributed by atoms with van der Waals surface area (Å²) in [5, 5.41) is 0. The predicted molar refractivity (Wildman–Crippen MR) is 125 cm³/mol. The molecule has 1 aromatic rings. The predicted octanol–water partition coefficient (Wildman–Crippen LogP) is 2.51. The second-order valence-electron chi connectivity index (χ2n) is 8.40. The van der Waals surface area contributed by atoms with E-state index in [9.17, 15) is 13.6 Å². The highest BCUT2D eigenvalue weighted by Crippen LogP contribution is 2.29. The van der Waals surface area contributed by atoms with Gasteiger partial charge in [-0.25, -0.2) is 9.30 Å². The van der Waals surface area contributed by atoms with Crippen LogP contribution in [0.4, 0.5) is 0 Å². The topological polar surface area (TPSA) is 128 Å². The standard InChI is InChI=1S/C16H24N4O.C6H15NO2S/c1-11(2)8-16(3)14(21)20(15(18)19-16)10-13-6-4-12(9-17)5-7-13;1-3-5-7(6-4-2)10(8)9/h4-7,11H,8-10,17H2,1-3H3,(H2,18,19);3-6H2,1-2H3,(H,8,9)/p-1. The Kier molecular flexibility index (Phi) is 11.3. The van der Waals surface area contributed by atoms with Gasteiger partial charge in [0.25, 0.3) is 5.91 Å². The zero-order chi connectivity index (χ0) is 23.6. The van der Waals surface area contributed by atoms with Gasteiger partial charge in [-0.15, -0.1) is 0 Å². The zero-order valence-electron chi connectivity index (χ0n) is 19.5. The van der Waals surface area contributed by atoms with Crippen molar-refractivity contribution in [3.63, 3.8) is 0 Å². The minimum Gasteiger partial charge on any atom is -0.760 e. The Balaban J connectivity index is 0.000000407. The van der Waals surface area contributed by atoms with Gasteiger partial charge in [0.2, 0.25) is 0 Å². The van der Waals surface area contributed by atoms with Crippen molar-refractivity contribution >= 4 is 23.1 Å². The number of nitrogens with zero attached hydrogens (tertiary/aromatic N) is 3. The van der Waals surface area contributed by atoms with Crippen LogP contribution in [0.5, 0.6) is 0 Å². The van der Waals surface area contributed by atoms with E-state index in [0.29, 0.717) is 44.5 Å². The first kappa shape index (κ1) is 27.2. The smallest absolute Gasteiger partial charge is 0.257 e. The monoisotopic (exact) mass is 452 g/mol. The van der Waals surface area contributed by atoms with E-state index < -0.39 is 16.8 Å². The molecule has 2 atom stereocenters. The summed E-state index contributed by atoms with van der Waals surface area (Å²) in [5.74, 6) is 0.682. The highest BCUT2D eigenvalue weighted by Gasteiger charge is 2.43. The molecule has 1 amide bonds. The first-order valence-electron chi connectivity index (χ1n) is 10.9. The lowest BCUT2D eigenvalue weighted by Crippen LogP contribution is -2.43. The number of hydrogen-bond acceptors (Lipinski definition) is 6. The summed E-state index contributed by atoms with van der Waals surface area (Å²) in [6.07, 6.45) is 2.47. The average molecular weight is 453 g/mol. The highest BCUT2D eigenvalue weighted by molar-refractivity contribution is 7.76. The summed E-state index contributed by atoms with van der Waals surface area (Å²) in [6, 6.07) is 7.88. The fourth-order valence-corrected chi connectivity index (χ4v) is 4.22. The fourth-order valence-electron chi connectivity index (χ4n) is 3.56. The van der Waals surface area contributed by atoms with Gasteiger partial charge in [-0.1, -0.05) is 52.0 Å². The first-order chi connectivity index (χ1) is 14.6. The Morgan fingerprint density at radius 3 is 2.10 bits per heavy atom. The summed E-state index contributed by atoms with van der Waals surface area (Å²) < 4.78 is 22.3. The van der Waals surface area contributed by atoms with E-state index in [1.165, 1.54) is 4.31 Å². The lowest BCUT2D eigenvalue weighted by atomic mass is 9.91. The quantitative estimate of drug-likeness (QED) is 0.527. The van der Waals surface area contributed by atoms with Crippen molar-refractivity contribution in [2.75, 3.05) is 13.1 Å². The Hall–Kier alpha value is -1.81. The van der Waals surface area contributed by atoms with E-state index in [0.717, 1.165) is 24.0 Å². The molecule has 1 aromatic carbocycles. The molecule has 0 bridgehead atoms. The van der Waals surface area contributed by atoms with Crippen molar-refractivity contribution in [1.29, 1.82) is 0 Å². The molecule has 0 radical (unpaired) electrons. The number of hydrogen-bond donors (Lipinski definition) is 2. The molecule has 2 rings (SSSR count). The van der Waals surface area contributed by atoms with Gasteiger partial charge in [0.15, 0.2) is 5.96 Å². The van der Waals surface area contributed by atoms with Gasteiger partial charge in [-0.2, -0.15) is 0 Å².